The molecule has 0 aromatic heterocycles. The standard InChI is InChI=1S/C15H29NO2/c1-15(17,12-16-14-5-6-14)9-3-2-4-13-7-10-18-11-8-13/h13-14,16-17H,2-12H2,1H3. The fourth-order valence-corrected chi connectivity index (χ4v) is 2.71. The molecular weight excluding hydrogens is 226 g/mol. The lowest BCUT2D eigenvalue weighted by Crippen LogP contribution is -2.38. The molecule has 3 heteroatoms. The lowest BCUT2D eigenvalue weighted by Gasteiger charge is -2.25. The molecule has 1 saturated carbocycles. The summed E-state index contributed by atoms with van der Waals surface area (Å²) in [6.07, 6.45) is 9.70. The molecule has 106 valence electrons. The number of hydrogen-bond acceptors (Lipinski definition) is 3. The lowest BCUT2D eigenvalue weighted by atomic mass is 9.91. The van der Waals surface area contributed by atoms with E-state index in [0.29, 0.717) is 6.04 Å². The Bertz CT molecular complexity index is 233. The maximum Gasteiger partial charge on any atom is 0.0743 e. The second-order valence-electron chi connectivity index (χ2n) is 6.45. The Hall–Kier alpha value is -0.120. The second kappa shape index (κ2) is 6.88. The van der Waals surface area contributed by atoms with Crippen LogP contribution in [-0.2, 0) is 4.74 Å². The summed E-state index contributed by atoms with van der Waals surface area (Å²) in [7, 11) is 0. The van der Waals surface area contributed by atoms with Crippen LogP contribution in [0.4, 0.5) is 0 Å². The van der Waals surface area contributed by atoms with E-state index in [4.69, 9.17) is 4.74 Å². The van der Waals surface area contributed by atoms with E-state index in [1.54, 1.807) is 0 Å². The molecule has 2 N–H and O–H groups in total. The van der Waals surface area contributed by atoms with Crippen LogP contribution in [0, 0.1) is 5.92 Å². The second-order valence-corrected chi connectivity index (χ2v) is 6.45. The Morgan fingerprint density at radius 1 is 1.17 bits per heavy atom. The largest absolute Gasteiger partial charge is 0.389 e. The van der Waals surface area contributed by atoms with E-state index in [0.717, 1.165) is 38.5 Å². The molecule has 0 bridgehead atoms. The predicted octanol–water partition coefficient (Wildman–Crippen LogP) is 2.48. The summed E-state index contributed by atoms with van der Waals surface area (Å²) < 4.78 is 5.37. The SMILES string of the molecule is CC(O)(CCCCC1CCOCC1)CNC1CC1. The molecule has 1 aliphatic heterocycles. The van der Waals surface area contributed by atoms with Gasteiger partial charge >= 0.3 is 0 Å². The van der Waals surface area contributed by atoms with Crippen molar-refractivity contribution >= 4 is 0 Å². The van der Waals surface area contributed by atoms with E-state index in [9.17, 15) is 5.11 Å². The fraction of sp³-hybridized carbons (Fsp3) is 1.00. The highest BCUT2D eigenvalue weighted by Crippen LogP contribution is 2.24. The minimum atomic E-state index is -0.516. The molecule has 2 rings (SSSR count). The fourth-order valence-electron chi connectivity index (χ4n) is 2.71. The van der Waals surface area contributed by atoms with Crippen LogP contribution in [-0.4, -0.2) is 36.5 Å². The molecule has 18 heavy (non-hydrogen) atoms. The highest BCUT2D eigenvalue weighted by atomic mass is 16.5. The quantitative estimate of drug-likeness (QED) is 0.655. The molecule has 0 aromatic carbocycles. The van der Waals surface area contributed by atoms with E-state index < -0.39 is 5.60 Å². The molecule has 0 radical (unpaired) electrons. The first-order chi connectivity index (χ1) is 8.66. The normalized spacial score (nSPS) is 25.0. The van der Waals surface area contributed by atoms with Crippen LogP contribution in [0.3, 0.4) is 0 Å². The van der Waals surface area contributed by atoms with Crippen LogP contribution >= 0.6 is 0 Å². The van der Waals surface area contributed by atoms with Crippen molar-refractivity contribution in [3.05, 3.63) is 0 Å². The maximum atomic E-state index is 10.2. The Kier molecular flexibility index (Phi) is 5.46. The molecule has 1 heterocycles. The molecule has 0 spiro atoms. The Labute approximate surface area is 111 Å². The van der Waals surface area contributed by atoms with Gasteiger partial charge in [0.25, 0.3) is 0 Å². The van der Waals surface area contributed by atoms with Gasteiger partial charge in [-0.2, -0.15) is 0 Å². The number of rotatable bonds is 8. The van der Waals surface area contributed by atoms with Gasteiger partial charge in [-0.05, 0) is 44.9 Å². The average molecular weight is 255 g/mol. The third kappa shape index (κ3) is 5.68. The molecule has 1 atom stereocenters. The van der Waals surface area contributed by atoms with Gasteiger partial charge in [-0.1, -0.05) is 19.3 Å². The first kappa shape index (κ1) is 14.3. The van der Waals surface area contributed by atoms with E-state index in [1.807, 2.05) is 6.92 Å². The van der Waals surface area contributed by atoms with Crippen molar-refractivity contribution in [1.82, 2.24) is 5.32 Å². The molecule has 2 aliphatic rings. The van der Waals surface area contributed by atoms with Gasteiger partial charge in [-0.25, -0.2) is 0 Å². The van der Waals surface area contributed by atoms with Crippen molar-refractivity contribution in [3.63, 3.8) is 0 Å². The van der Waals surface area contributed by atoms with Crippen molar-refractivity contribution in [1.29, 1.82) is 0 Å². The highest BCUT2D eigenvalue weighted by Gasteiger charge is 2.26. The third-order valence-electron chi connectivity index (χ3n) is 4.27. The van der Waals surface area contributed by atoms with Gasteiger partial charge < -0.3 is 15.2 Å². The van der Waals surface area contributed by atoms with Gasteiger partial charge in [-0.3, -0.25) is 0 Å². The van der Waals surface area contributed by atoms with E-state index in [1.165, 1.54) is 38.5 Å². The monoisotopic (exact) mass is 255 g/mol. The molecule has 2 fully saturated rings. The van der Waals surface area contributed by atoms with Crippen molar-refractivity contribution < 1.29 is 9.84 Å². The summed E-state index contributed by atoms with van der Waals surface area (Å²) in [5.41, 5.74) is -0.516. The zero-order valence-corrected chi connectivity index (χ0v) is 11.8. The first-order valence-corrected chi connectivity index (χ1v) is 7.69. The van der Waals surface area contributed by atoms with Gasteiger partial charge in [0.1, 0.15) is 0 Å². The Morgan fingerprint density at radius 2 is 1.89 bits per heavy atom. The van der Waals surface area contributed by atoms with Gasteiger partial charge in [0.2, 0.25) is 0 Å². The predicted molar refractivity (Wildman–Crippen MR) is 73.7 cm³/mol. The van der Waals surface area contributed by atoms with Crippen molar-refractivity contribution in [2.45, 2.75) is 69.9 Å². The van der Waals surface area contributed by atoms with Crippen LogP contribution in [0.5, 0.6) is 0 Å². The summed E-state index contributed by atoms with van der Waals surface area (Å²) >= 11 is 0. The number of nitrogens with one attached hydrogen (secondary N) is 1. The zero-order valence-electron chi connectivity index (χ0n) is 11.8. The molecule has 3 nitrogen and oxygen atoms in total. The Balaban J connectivity index is 1.50. The summed E-state index contributed by atoms with van der Waals surface area (Å²) in [5, 5.41) is 13.7. The van der Waals surface area contributed by atoms with E-state index >= 15 is 0 Å². The van der Waals surface area contributed by atoms with Crippen molar-refractivity contribution in [3.8, 4) is 0 Å². The Morgan fingerprint density at radius 3 is 2.56 bits per heavy atom. The third-order valence-corrected chi connectivity index (χ3v) is 4.27. The number of ether oxygens (including phenoxy) is 1. The smallest absolute Gasteiger partial charge is 0.0743 e. The molecular formula is C15H29NO2. The minimum Gasteiger partial charge on any atom is -0.389 e. The summed E-state index contributed by atoms with van der Waals surface area (Å²) in [4.78, 5) is 0. The highest BCUT2D eigenvalue weighted by molar-refractivity contribution is 4.85. The van der Waals surface area contributed by atoms with Crippen LogP contribution in [0.1, 0.15) is 58.3 Å². The summed E-state index contributed by atoms with van der Waals surface area (Å²) in [6, 6.07) is 0.693. The van der Waals surface area contributed by atoms with E-state index in [-0.39, 0.29) is 0 Å². The van der Waals surface area contributed by atoms with Crippen LogP contribution in [0.25, 0.3) is 0 Å². The number of aliphatic hydroxyl groups is 1. The van der Waals surface area contributed by atoms with E-state index in [2.05, 4.69) is 5.32 Å². The van der Waals surface area contributed by atoms with Crippen LogP contribution in [0.2, 0.25) is 0 Å². The molecule has 1 aliphatic carbocycles. The number of unbranched alkanes of at least 4 members (excludes halogenated alkanes) is 1. The summed E-state index contributed by atoms with van der Waals surface area (Å²) in [6.45, 7) is 4.63. The molecule has 0 aromatic rings. The summed E-state index contributed by atoms with van der Waals surface area (Å²) in [5.74, 6) is 0.869. The maximum absolute atomic E-state index is 10.2. The van der Waals surface area contributed by atoms with Gasteiger partial charge in [0.05, 0.1) is 5.60 Å². The zero-order chi connectivity index (χ0) is 12.8. The first-order valence-electron chi connectivity index (χ1n) is 7.69. The van der Waals surface area contributed by atoms with Crippen molar-refractivity contribution in [2.75, 3.05) is 19.8 Å². The van der Waals surface area contributed by atoms with Crippen LogP contribution < -0.4 is 5.32 Å². The van der Waals surface area contributed by atoms with Crippen molar-refractivity contribution in [2.24, 2.45) is 5.92 Å². The molecule has 1 saturated heterocycles. The molecule has 1 unspecified atom stereocenters. The lowest BCUT2D eigenvalue weighted by molar-refractivity contribution is 0.0443. The number of hydrogen-bond donors (Lipinski definition) is 2. The minimum absolute atomic E-state index is 0.516. The van der Waals surface area contributed by atoms with Crippen LogP contribution in [0.15, 0.2) is 0 Å². The van der Waals surface area contributed by atoms with Gasteiger partial charge in [-0.15, -0.1) is 0 Å². The average Bonchev–Trinajstić information content (AvgIpc) is 3.18. The molecule has 0 amide bonds. The van der Waals surface area contributed by atoms with Gasteiger partial charge in [0.15, 0.2) is 0 Å². The van der Waals surface area contributed by atoms with Gasteiger partial charge in [0, 0.05) is 25.8 Å². The topological polar surface area (TPSA) is 41.5 Å².